The van der Waals surface area contributed by atoms with Crippen molar-refractivity contribution in [3.05, 3.63) is 80.0 Å². The van der Waals surface area contributed by atoms with Crippen molar-refractivity contribution >= 4 is 39.1 Å². The molecular formula is C22H16N2O5S. The number of fused-ring (bicyclic) bond motifs is 2. The maximum atomic E-state index is 13.4. The first kappa shape index (κ1) is 18.5. The molecule has 1 aliphatic heterocycles. The average molecular weight is 420 g/mol. The highest BCUT2D eigenvalue weighted by Crippen LogP contribution is 2.43. The second-order valence-corrected chi connectivity index (χ2v) is 8.14. The van der Waals surface area contributed by atoms with Gasteiger partial charge in [0.25, 0.3) is 5.91 Å². The molecule has 0 spiro atoms. The number of aromatic nitrogens is 1. The first-order valence-corrected chi connectivity index (χ1v) is 10.1. The lowest BCUT2D eigenvalue weighted by Gasteiger charge is -2.20. The van der Waals surface area contributed by atoms with Crippen molar-refractivity contribution in [2.75, 3.05) is 4.90 Å². The van der Waals surface area contributed by atoms with E-state index >= 15 is 0 Å². The van der Waals surface area contributed by atoms with Crippen LogP contribution in [-0.4, -0.2) is 16.7 Å². The molecular weight excluding hydrogens is 404 g/mol. The SMILES string of the molecule is CC(=O)c1sc(N2C(=O)c3oc4ccccc4c(=O)c3[C@H]2c2ccc(C)o2)nc1C. The van der Waals surface area contributed by atoms with Gasteiger partial charge in [0.1, 0.15) is 23.1 Å². The first-order valence-electron chi connectivity index (χ1n) is 9.31. The predicted octanol–water partition coefficient (Wildman–Crippen LogP) is 4.41. The molecule has 3 aromatic heterocycles. The molecule has 0 bridgehead atoms. The third kappa shape index (κ3) is 2.57. The van der Waals surface area contributed by atoms with E-state index in [1.165, 1.54) is 11.8 Å². The van der Waals surface area contributed by atoms with Gasteiger partial charge in [0.05, 0.1) is 21.5 Å². The number of anilines is 1. The molecule has 150 valence electrons. The van der Waals surface area contributed by atoms with Crippen LogP contribution in [0.5, 0.6) is 0 Å². The summed E-state index contributed by atoms with van der Waals surface area (Å²) < 4.78 is 11.7. The van der Waals surface area contributed by atoms with Crippen LogP contribution < -0.4 is 10.3 Å². The molecule has 30 heavy (non-hydrogen) atoms. The summed E-state index contributed by atoms with van der Waals surface area (Å²) >= 11 is 1.11. The summed E-state index contributed by atoms with van der Waals surface area (Å²) in [5.41, 5.74) is 0.794. The summed E-state index contributed by atoms with van der Waals surface area (Å²) in [5, 5.41) is 0.704. The number of thiazole rings is 1. The number of rotatable bonds is 3. The van der Waals surface area contributed by atoms with Crippen molar-refractivity contribution < 1.29 is 18.4 Å². The number of nitrogens with zero attached hydrogens (tertiary/aromatic N) is 2. The number of aryl methyl sites for hydroxylation is 2. The van der Waals surface area contributed by atoms with Gasteiger partial charge in [0.2, 0.25) is 5.76 Å². The molecule has 5 rings (SSSR count). The Morgan fingerprint density at radius 3 is 2.53 bits per heavy atom. The van der Waals surface area contributed by atoms with Crippen LogP contribution in [0.25, 0.3) is 11.0 Å². The normalized spacial score (nSPS) is 15.8. The van der Waals surface area contributed by atoms with E-state index < -0.39 is 11.9 Å². The number of carbonyl (C=O) groups is 2. The number of Topliss-reactive ketones (excluding diaryl/α,β-unsaturated/α-hetero) is 1. The Morgan fingerprint density at radius 1 is 1.10 bits per heavy atom. The van der Waals surface area contributed by atoms with Gasteiger partial charge in [-0.1, -0.05) is 23.5 Å². The summed E-state index contributed by atoms with van der Waals surface area (Å²) in [4.78, 5) is 45.0. The van der Waals surface area contributed by atoms with Gasteiger partial charge >= 0.3 is 0 Å². The van der Waals surface area contributed by atoms with Gasteiger partial charge < -0.3 is 8.83 Å². The molecule has 0 N–H and O–H groups in total. The molecule has 4 aromatic rings. The fraction of sp³-hybridized carbons (Fsp3) is 0.182. The van der Waals surface area contributed by atoms with Crippen molar-refractivity contribution in [1.82, 2.24) is 4.98 Å². The van der Waals surface area contributed by atoms with Crippen LogP contribution in [0.4, 0.5) is 5.13 Å². The van der Waals surface area contributed by atoms with E-state index in [0.29, 0.717) is 38.2 Å². The van der Waals surface area contributed by atoms with Crippen molar-refractivity contribution in [2.45, 2.75) is 26.8 Å². The lowest BCUT2D eigenvalue weighted by molar-refractivity contribution is 0.0968. The molecule has 1 aromatic carbocycles. The third-order valence-electron chi connectivity index (χ3n) is 5.12. The average Bonchev–Trinajstić information content (AvgIpc) is 3.38. The minimum atomic E-state index is -0.826. The Labute approximate surface area is 174 Å². The standard InChI is InChI=1S/C22H16N2O5S/c1-10-8-9-15(28-10)17-16-18(26)13-6-4-5-7-14(13)29-19(16)21(27)24(17)22-23-11(2)20(30-22)12(3)25/h4-9,17H,1-3H3/t17-/m1/s1. The maximum Gasteiger partial charge on any atom is 0.297 e. The highest BCUT2D eigenvalue weighted by Gasteiger charge is 2.46. The summed E-state index contributed by atoms with van der Waals surface area (Å²) in [7, 11) is 0. The van der Waals surface area contributed by atoms with Crippen LogP contribution in [0.2, 0.25) is 0 Å². The van der Waals surface area contributed by atoms with E-state index in [1.54, 1.807) is 50.2 Å². The Balaban J connectivity index is 1.80. The molecule has 1 amide bonds. The predicted molar refractivity (Wildman–Crippen MR) is 111 cm³/mol. The van der Waals surface area contributed by atoms with Gasteiger partial charge in [-0.15, -0.1) is 0 Å². The molecule has 0 unspecified atom stereocenters. The highest BCUT2D eigenvalue weighted by atomic mass is 32.1. The van der Waals surface area contributed by atoms with E-state index in [9.17, 15) is 14.4 Å². The van der Waals surface area contributed by atoms with Crippen LogP contribution >= 0.6 is 11.3 Å². The zero-order valence-electron chi connectivity index (χ0n) is 16.4. The second kappa shape index (κ2) is 6.50. The topological polar surface area (TPSA) is 93.6 Å². The first-order chi connectivity index (χ1) is 14.4. The molecule has 8 heteroatoms. The molecule has 4 heterocycles. The molecule has 0 saturated heterocycles. The lowest BCUT2D eigenvalue weighted by atomic mass is 10.0. The number of benzene rings is 1. The van der Waals surface area contributed by atoms with E-state index in [2.05, 4.69) is 4.98 Å². The third-order valence-corrected chi connectivity index (χ3v) is 6.38. The molecule has 1 atom stereocenters. The molecule has 0 aliphatic carbocycles. The molecule has 0 saturated carbocycles. The fourth-order valence-corrected chi connectivity index (χ4v) is 4.79. The quantitative estimate of drug-likeness (QED) is 0.456. The Hall–Kier alpha value is -3.52. The molecule has 7 nitrogen and oxygen atoms in total. The van der Waals surface area contributed by atoms with Gasteiger partial charge in [0, 0.05) is 6.92 Å². The minimum Gasteiger partial charge on any atom is -0.464 e. The van der Waals surface area contributed by atoms with Crippen molar-refractivity contribution in [3.8, 4) is 0 Å². The van der Waals surface area contributed by atoms with Gasteiger partial charge in [-0.05, 0) is 38.1 Å². The Morgan fingerprint density at radius 2 is 1.87 bits per heavy atom. The van der Waals surface area contributed by atoms with Gasteiger partial charge in [0.15, 0.2) is 16.3 Å². The van der Waals surface area contributed by atoms with Crippen molar-refractivity contribution in [2.24, 2.45) is 0 Å². The monoisotopic (exact) mass is 420 g/mol. The van der Waals surface area contributed by atoms with Crippen LogP contribution in [-0.2, 0) is 0 Å². The number of carbonyl (C=O) groups excluding carboxylic acids is 2. The van der Waals surface area contributed by atoms with Gasteiger partial charge in [-0.2, -0.15) is 0 Å². The zero-order valence-corrected chi connectivity index (χ0v) is 17.2. The van der Waals surface area contributed by atoms with Gasteiger partial charge in [-0.3, -0.25) is 19.3 Å². The number of ketones is 1. The highest BCUT2D eigenvalue weighted by molar-refractivity contribution is 7.17. The molecule has 0 radical (unpaired) electrons. The number of amides is 1. The summed E-state index contributed by atoms with van der Waals surface area (Å²) in [6.45, 7) is 4.96. The summed E-state index contributed by atoms with van der Waals surface area (Å²) in [5.74, 6) is 0.423. The Bertz CT molecular complexity index is 1410. The molecule has 0 fully saturated rings. The smallest absolute Gasteiger partial charge is 0.297 e. The number of hydrogen-bond donors (Lipinski definition) is 0. The zero-order chi connectivity index (χ0) is 21.2. The number of furan rings is 1. The van der Waals surface area contributed by atoms with E-state index in [4.69, 9.17) is 8.83 Å². The largest absolute Gasteiger partial charge is 0.464 e. The van der Waals surface area contributed by atoms with Crippen LogP contribution in [0, 0.1) is 13.8 Å². The van der Waals surface area contributed by atoms with Crippen molar-refractivity contribution in [1.29, 1.82) is 0 Å². The van der Waals surface area contributed by atoms with E-state index in [-0.39, 0.29) is 22.5 Å². The summed E-state index contributed by atoms with van der Waals surface area (Å²) in [6.07, 6.45) is 0. The fourth-order valence-electron chi connectivity index (χ4n) is 3.80. The van der Waals surface area contributed by atoms with Crippen LogP contribution in [0.1, 0.15) is 56.0 Å². The maximum absolute atomic E-state index is 13.4. The number of hydrogen-bond acceptors (Lipinski definition) is 7. The second-order valence-electron chi connectivity index (χ2n) is 7.16. The molecule has 1 aliphatic rings. The van der Waals surface area contributed by atoms with Gasteiger partial charge in [-0.25, -0.2) is 4.98 Å². The van der Waals surface area contributed by atoms with Crippen LogP contribution in [0.15, 0.2) is 50.0 Å². The summed E-state index contributed by atoms with van der Waals surface area (Å²) in [6, 6.07) is 9.48. The number of para-hydroxylation sites is 1. The minimum absolute atomic E-state index is 0.0324. The lowest BCUT2D eigenvalue weighted by Crippen LogP contribution is -2.29. The van der Waals surface area contributed by atoms with E-state index in [1.807, 2.05) is 0 Å². The van der Waals surface area contributed by atoms with Crippen molar-refractivity contribution in [3.63, 3.8) is 0 Å². The van der Waals surface area contributed by atoms with E-state index in [0.717, 1.165) is 11.3 Å². The Kier molecular flexibility index (Phi) is 4.01. The van der Waals surface area contributed by atoms with Crippen LogP contribution in [0.3, 0.4) is 0 Å².